The third kappa shape index (κ3) is 13.1. The Kier molecular flexibility index (Phi) is 18.0. The minimum absolute atomic E-state index is 0.124. The highest BCUT2D eigenvalue weighted by Gasteiger charge is 2.37. The summed E-state index contributed by atoms with van der Waals surface area (Å²) in [5.74, 6) is -2.59. The Morgan fingerprint density at radius 3 is 1.73 bits per heavy atom. The molecular weight excluding hydrogens is 811 g/mol. The maximum absolute atomic E-state index is 13.6. The lowest BCUT2D eigenvalue weighted by atomic mass is 9.82. The molecular formula is C45H57NO12S2. The van der Waals surface area contributed by atoms with Crippen LogP contribution in [0.2, 0.25) is 0 Å². The summed E-state index contributed by atoms with van der Waals surface area (Å²) < 4.78 is 33.9. The van der Waals surface area contributed by atoms with Crippen LogP contribution in [-0.4, -0.2) is 61.7 Å². The highest BCUT2D eigenvalue weighted by atomic mass is 32.2. The van der Waals surface area contributed by atoms with Crippen molar-refractivity contribution in [2.75, 3.05) is 19.8 Å². The predicted octanol–water partition coefficient (Wildman–Crippen LogP) is 8.81. The normalized spacial score (nSPS) is 25.0. The Labute approximate surface area is 361 Å². The number of fused-ring (bicyclic) bond motifs is 1. The van der Waals surface area contributed by atoms with E-state index in [4.69, 9.17) is 28.4 Å². The van der Waals surface area contributed by atoms with E-state index in [-0.39, 0.29) is 84.6 Å². The SMILES string of the molecule is C=CC(=O)OCCCCOC(=O)C1CCC(C(=O)OC2CCC(C(=O)Oc3ccc(OC(=O)C4CCC(C)CC4)c4c3S/C(=C(\C#N)C(=O)OC[C@H](C)CC)S4)CC2)CC1. The molecule has 1 heterocycles. The van der Waals surface area contributed by atoms with Gasteiger partial charge in [0.15, 0.2) is 5.57 Å². The van der Waals surface area contributed by atoms with E-state index in [1.165, 1.54) is 0 Å². The Hall–Kier alpha value is -4.29. The van der Waals surface area contributed by atoms with Crippen LogP contribution in [0.5, 0.6) is 11.5 Å². The van der Waals surface area contributed by atoms with Gasteiger partial charge in [-0.2, -0.15) is 5.26 Å². The Balaban J connectivity index is 1.13. The number of carbonyl (C=O) groups is 6. The minimum atomic E-state index is -0.741. The molecule has 3 fully saturated rings. The molecule has 15 heteroatoms. The van der Waals surface area contributed by atoms with Crippen LogP contribution in [0.15, 0.2) is 44.4 Å². The third-order valence-corrected chi connectivity index (χ3v) is 14.4. The van der Waals surface area contributed by atoms with E-state index in [2.05, 4.69) is 13.5 Å². The topological polar surface area (TPSA) is 182 Å². The van der Waals surface area contributed by atoms with Crippen LogP contribution >= 0.6 is 23.5 Å². The van der Waals surface area contributed by atoms with Gasteiger partial charge in [0.1, 0.15) is 23.7 Å². The zero-order chi connectivity index (χ0) is 43.2. The van der Waals surface area contributed by atoms with E-state index >= 15 is 0 Å². The fourth-order valence-electron chi connectivity index (χ4n) is 7.62. The molecule has 60 heavy (non-hydrogen) atoms. The molecule has 326 valence electrons. The number of carbonyl (C=O) groups excluding carboxylic acids is 6. The van der Waals surface area contributed by atoms with E-state index < -0.39 is 23.8 Å². The quantitative estimate of drug-likeness (QED) is 0.0361. The van der Waals surface area contributed by atoms with Gasteiger partial charge in [-0.1, -0.05) is 57.3 Å². The van der Waals surface area contributed by atoms with Crippen molar-refractivity contribution < 1.29 is 57.2 Å². The number of nitriles is 1. The zero-order valence-electron chi connectivity index (χ0n) is 34.9. The van der Waals surface area contributed by atoms with E-state index in [1.54, 1.807) is 12.1 Å². The van der Waals surface area contributed by atoms with Crippen LogP contribution in [0.4, 0.5) is 0 Å². The number of rotatable bonds is 17. The number of hydrogen-bond donors (Lipinski definition) is 0. The summed E-state index contributed by atoms with van der Waals surface area (Å²) in [6, 6.07) is 5.17. The van der Waals surface area contributed by atoms with Crippen LogP contribution in [0.25, 0.3) is 0 Å². The Morgan fingerprint density at radius 2 is 1.22 bits per heavy atom. The van der Waals surface area contributed by atoms with Crippen molar-refractivity contribution in [2.45, 2.75) is 133 Å². The fourth-order valence-corrected chi connectivity index (χ4v) is 10.2. The number of thioether (sulfide) groups is 2. The van der Waals surface area contributed by atoms with E-state index in [0.29, 0.717) is 84.2 Å². The molecule has 4 aliphatic rings. The van der Waals surface area contributed by atoms with Gasteiger partial charge in [0, 0.05) is 6.08 Å². The molecule has 1 aromatic rings. The maximum Gasteiger partial charge on any atom is 0.350 e. The van der Waals surface area contributed by atoms with Crippen LogP contribution in [0, 0.1) is 46.8 Å². The van der Waals surface area contributed by atoms with Gasteiger partial charge in [0.05, 0.1) is 57.5 Å². The molecule has 1 aliphatic heterocycles. The average molecular weight is 868 g/mol. The monoisotopic (exact) mass is 867 g/mol. The van der Waals surface area contributed by atoms with Gasteiger partial charge in [-0.25, -0.2) is 9.59 Å². The highest BCUT2D eigenvalue weighted by molar-refractivity contribution is 8.24. The second-order valence-electron chi connectivity index (χ2n) is 16.3. The maximum atomic E-state index is 13.6. The summed E-state index contributed by atoms with van der Waals surface area (Å²) >= 11 is 2.23. The van der Waals surface area contributed by atoms with Gasteiger partial charge in [-0.05, 0) is 114 Å². The fraction of sp³-hybridized carbons (Fsp3) is 0.622. The number of nitrogens with zero attached hydrogens (tertiary/aromatic N) is 1. The smallest absolute Gasteiger partial charge is 0.350 e. The Bertz CT molecular complexity index is 1810. The van der Waals surface area contributed by atoms with Crippen molar-refractivity contribution in [3.05, 3.63) is 34.6 Å². The van der Waals surface area contributed by atoms with Crippen LogP contribution in [0.3, 0.4) is 0 Å². The molecule has 0 N–H and O–H groups in total. The molecule has 3 saturated carbocycles. The van der Waals surface area contributed by atoms with Crippen LogP contribution in [-0.2, 0) is 47.7 Å². The zero-order valence-corrected chi connectivity index (χ0v) is 36.5. The van der Waals surface area contributed by atoms with Crippen molar-refractivity contribution in [2.24, 2.45) is 35.5 Å². The molecule has 0 bridgehead atoms. The molecule has 0 aromatic heterocycles. The molecule has 0 spiro atoms. The number of ether oxygens (including phenoxy) is 6. The van der Waals surface area contributed by atoms with Gasteiger partial charge in [0.25, 0.3) is 0 Å². The lowest BCUT2D eigenvalue weighted by Crippen LogP contribution is -2.33. The molecule has 0 amide bonds. The summed E-state index contributed by atoms with van der Waals surface area (Å²) in [6.45, 7) is 10.1. The highest BCUT2D eigenvalue weighted by Crippen LogP contribution is 2.59. The molecule has 0 radical (unpaired) electrons. The van der Waals surface area contributed by atoms with Crippen molar-refractivity contribution in [1.82, 2.24) is 0 Å². The lowest BCUT2D eigenvalue weighted by molar-refractivity contribution is -0.160. The first-order valence-corrected chi connectivity index (χ1v) is 23.0. The van der Waals surface area contributed by atoms with Gasteiger partial charge in [-0.3, -0.25) is 19.2 Å². The van der Waals surface area contributed by atoms with E-state index in [1.807, 2.05) is 19.9 Å². The Morgan fingerprint density at radius 1 is 0.733 bits per heavy atom. The van der Waals surface area contributed by atoms with Crippen molar-refractivity contribution in [3.63, 3.8) is 0 Å². The van der Waals surface area contributed by atoms with Crippen LogP contribution < -0.4 is 9.47 Å². The van der Waals surface area contributed by atoms with E-state index in [9.17, 15) is 34.0 Å². The first-order valence-electron chi connectivity index (χ1n) is 21.3. The summed E-state index contributed by atoms with van der Waals surface area (Å²) in [7, 11) is 0. The van der Waals surface area contributed by atoms with Gasteiger partial charge >= 0.3 is 35.8 Å². The number of unbranched alkanes of at least 4 members (excludes halogenated alkanes) is 1. The molecule has 0 unspecified atom stereocenters. The minimum Gasteiger partial charge on any atom is -0.465 e. The number of hydrogen-bond acceptors (Lipinski definition) is 15. The molecule has 1 aromatic carbocycles. The van der Waals surface area contributed by atoms with Crippen molar-refractivity contribution in [1.29, 1.82) is 5.26 Å². The summed E-state index contributed by atoms with van der Waals surface area (Å²) in [5, 5.41) is 10.0. The molecule has 3 aliphatic carbocycles. The largest absolute Gasteiger partial charge is 0.465 e. The number of esters is 6. The van der Waals surface area contributed by atoms with Crippen molar-refractivity contribution >= 4 is 59.3 Å². The first kappa shape index (κ1) is 46.8. The third-order valence-electron chi connectivity index (χ3n) is 11.8. The summed E-state index contributed by atoms with van der Waals surface area (Å²) in [4.78, 5) is 77.6. The molecule has 13 nitrogen and oxygen atoms in total. The lowest BCUT2D eigenvalue weighted by Gasteiger charge is -2.30. The van der Waals surface area contributed by atoms with E-state index in [0.717, 1.165) is 61.7 Å². The average Bonchev–Trinajstić information content (AvgIpc) is 3.71. The molecule has 0 saturated heterocycles. The second-order valence-corrected chi connectivity index (χ2v) is 18.6. The molecule has 1 atom stereocenters. The standard InChI is InChI=1S/C45H57NO12S2/c1-5-27(3)26-55-44(52)34(25-46)45-59-38-35(57-42(50)30-11-9-28(4)10-12-30)21-22-36(39(38)60-45)58-43(51)32-17-19-33(20-18-32)56-41(49)31-15-13-29(14-16-31)40(48)54-24-8-7-23-53-37(47)6-2/h6,21-22,27-33H,2,5,7-20,23-24,26H2,1,3-4H3/b45-34+/t27-,28?,29?,30?,31?,32?,33?/m1/s1. The summed E-state index contributed by atoms with van der Waals surface area (Å²) in [5.41, 5.74) is -0.169. The van der Waals surface area contributed by atoms with Crippen molar-refractivity contribution in [3.8, 4) is 17.6 Å². The van der Waals surface area contributed by atoms with Gasteiger partial charge in [-0.15, -0.1) is 0 Å². The van der Waals surface area contributed by atoms with Gasteiger partial charge < -0.3 is 28.4 Å². The second kappa shape index (κ2) is 23.1. The first-order chi connectivity index (χ1) is 28.9. The van der Waals surface area contributed by atoms with Crippen LogP contribution in [0.1, 0.15) is 117 Å². The van der Waals surface area contributed by atoms with Gasteiger partial charge in [0.2, 0.25) is 0 Å². The summed E-state index contributed by atoms with van der Waals surface area (Å²) in [6.07, 6.45) is 10.1. The molecule has 5 rings (SSSR count). The number of benzene rings is 1. The predicted molar refractivity (Wildman–Crippen MR) is 222 cm³/mol.